The van der Waals surface area contributed by atoms with E-state index in [4.69, 9.17) is 0 Å². The summed E-state index contributed by atoms with van der Waals surface area (Å²) in [5.41, 5.74) is 0.939. The maximum absolute atomic E-state index is 11.1. The molecular weight excluding hydrogens is 360 g/mol. The first-order chi connectivity index (χ1) is 9.58. The average Bonchev–Trinajstić information content (AvgIpc) is 3.05. The summed E-state index contributed by atoms with van der Waals surface area (Å²) in [6.07, 6.45) is 1.00. The summed E-state index contributed by atoms with van der Waals surface area (Å²) in [7, 11) is 3.43. The molecule has 0 unspecified atom stereocenters. The summed E-state index contributed by atoms with van der Waals surface area (Å²) in [6, 6.07) is 2.12. The maximum Gasteiger partial charge on any atom is 0.305 e. The zero-order chi connectivity index (χ0) is 14.5. The van der Waals surface area contributed by atoms with Crippen molar-refractivity contribution in [2.75, 3.05) is 19.1 Å². The number of anilines is 1. The summed E-state index contributed by atoms with van der Waals surface area (Å²) < 4.78 is 5.75. The van der Waals surface area contributed by atoms with Crippen LogP contribution in [0.5, 0.6) is 0 Å². The van der Waals surface area contributed by atoms with Crippen LogP contribution in [0.4, 0.5) is 5.13 Å². The number of methoxy groups -OCH3 is 1. The van der Waals surface area contributed by atoms with Crippen LogP contribution in [-0.4, -0.2) is 25.1 Å². The van der Waals surface area contributed by atoms with Crippen LogP contribution in [0.25, 0.3) is 0 Å². The fourth-order valence-corrected chi connectivity index (χ4v) is 3.99. The Hall–Kier alpha value is -0.920. The molecule has 0 aromatic carbocycles. The number of esters is 1. The van der Waals surface area contributed by atoms with Crippen molar-refractivity contribution in [3.63, 3.8) is 0 Å². The van der Waals surface area contributed by atoms with Crippen LogP contribution in [0.1, 0.15) is 17.0 Å². The smallest absolute Gasteiger partial charge is 0.305 e. The zero-order valence-corrected chi connectivity index (χ0v) is 14.5. The summed E-state index contributed by atoms with van der Waals surface area (Å²) in [6.45, 7) is 0.834. The Morgan fingerprint density at radius 2 is 2.25 bits per heavy atom. The van der Waals surface area contributed by atoms with Gasteiger partial charge in [-0.15, -0.1) is 22.7 Å². The molecular formula is C13H15BrN2O2S2. The molecule has 0 fully saturated rings. The van der Waals surface area contributed by atoms with E-state index < -0.39 is 0 Å². The van der Waals surface area contributed by atoms with Gasteiger partial charge in [-0.2, -0.15) is 0 Å². The number of nitrogens with zero attached hydrogens (tertiary/aromatic N) is 2. The van der Waals surface area contributed by atoms with Gasteiger partial charge in [0.25, 0.3) is 0 Å². The van der Waals surface area contributed by atoms with E-state index in [1.807, 2.05) is 12.4 Å². The molecule has 2 heterocycles. The van der Waals surface area contributed by atoms with E-state index in [1.165, 1.54) is 12.0 Å². The Labute approximate surface area is 134 Å². The highest BCUT2D eigenvalue weighted by Crippen LogP contribution is 2.25. The molecule has 7 heteroatoms. The van der Waals surface area contributed by atoms with Crippen LogP contribution in [0, 0.1) is 0 Å². The molecule has 0 aliphatic heterocycles. The Kier molecular flexibility index (Phi) is 5.56. The number of thiazole rings is 1. The van der Waals surface area contributed by atoms with Crippen LogP contribution >= 0.6 is 38.6 Å². The number of carbonyl (C=O) groups excluding carboxylic acids is 1. The van der Waals surface area contributed by atoms with Crippen LogP contribution in [0.2, 0.25) is 0 Å². The van der Waals surface area contributed by atoms with E-state index in [-0.39, 0.29) is 5.97 Å². The molecule has 0 amide bonds. The van der Waals surface area contributed by atoms with E-state index >= 15 is 0 Å². The third-order valence-electron chi connectivity index (χ3n) is 2.69. The fourth-order valence-electron chi connectivity index (χ4n) is 1.66. The standard InChI is InChI=1S/C13H15BrN2O2S2/c1-16(6-11-5-9(14)7-19-11)13-15-10(8-20-13)3-4-12(17)18-2/h5,7-8H,3-4,6H2,1-2H3. The Morgan fingerprint density at radius 3 is 2.90 bits per heavy atom. The van der Waals surface area contributed by atoms with Crippen LogP contribution in [-0.2, 0) is 22.5 Å². The van der Waals surface area contributed by atoms with Crippen LogP contribution in [0.15, 0.2) is 21.3 Å². The summed E-state index contributed by atoms with van der Waals surface area (Å²) in [4.78, 5) is 19.1. The molecule has 0 saturated heterocycles. The lowest BCUT2D eigenvalue weighted by atomic mass is 10.2. The number of aryl methyl sites for hydroxylation is 1. The highest BCUT2D eigenvalue weighted by atomic mass is 79.9. The number of aromatic nitrogens is 1. The molecule has 2 aromatic heterocycles. The van der Waals surface area contributed by atoms with Crippen molar-refractivity contribution < 1.29 is 9.53 Å². The van der Waals surface area contributed by atoms with Crippen molar-refractivity contribution in [2.24, 2.45) is 0 Å². The Morgan fingerprint density at radius 1 is 1.45 bits per heavy atom. The predicted octanol–water partition coefficient (Wildman–Crippen LogP) is 3.71. The second kappa shape index (κ2) is 7.19. The number of carbonyl (C=O) groups is 1. The van der Waals surface area contributed by atoms with Gasteiger partial charge in [0.05, 0.1) is 25.8 Å². The molecule has 108 valence electrons. The first kappa shape index (κ1) is 15.5. The zero-order valence-electron chi connectivity index (χ0n) is 11.3. The van der Waals surface area contributed by atoms with Gasteiger partial charge < -0.3 is 9.64 Å². The van der Waals surface area contributed by atoms with E-state index in [0.717, 1.165) is 21.8 Å². The molecule has 4 nitrogen and oxygen atoms in total. The highest BCUT2D eigenvalue weighted by Gasteiger charge is 2.10. The van der Waals surface area contributed by atoms with Gasteiger partial charge in [-0.3, -0.25) is 4.79 Å². The van der Waals surface area contributed by atoms with Gasteiger partial charge in [0.2, 0.25) is 0 Å². The van der Waals surface area contributed by atoms with Gasteiger partial charge in [-0.1, -0.05) is 0 Å². The lowest BCUT2D eigenvalue weighted by molar-refractivity contribution is -0.140. The largest absolute Gasteiger partial charge is 0.469 e. The number of hydrogen-bond donors (Lipinski definition) is 0. The third kappa shape index (κ3) is 4.29. The first-order valence-electron chi connectivity index (χ1n) is 6.03. The van der Waals surface area contributed by atoms with E-state index in [9.17, 15) is 4.79 Å². The minimum atomic E-state index is -0.198. The monoisotopic (exact) mass is 374 g/mol. The van der Waals surface area contributed by atoms with Crippen molar-refractivity contribution >= 4 is 49.7 Å². The normalized spacial score (nSPS) is 10.6. The number of ether oxygens (including phenoxy) is 1. The van der Waals surface area contributed by atoms with E-state index in [1.54, 1.807) is 22.7 Å². The van der Waals surface area contributed by atoms with Gasteiger partial charge in [0.15, 0.2) is 5.13 Å². The highest BCUT2D eigenvalue weighted by molar-refractivity contribution is 9.10. The van der Waals surface area contributed by atoms with Crippen molar-refractivity contribution in [3.05, 3.63) is 31.9 Å². The maximum atomic E-state index is 11.1. The van der Waals surface area contributed by atoms with Crippen molar-refractivity contribution in [2.45, 2.75) is 19.4 Å². The topological polar surface area (TPSA) is 42.4 Å². The summed E-state index contributed by atoms with van der Waals surface area (Å²) >= 11 is 6.78. The van der Waals surface area contributed by atoms with Gasteiger partial charge in [0, 0.05) is 33.6 Å². The van der Waals surface area contributed by atoms with E-state index in [0.29, 0.717) is 12.8 Å². The lowest BCUT2D eigenvalue weighted by Gasteiger charge is -2.14. The van der Waals surface area contributed by atoms with E-state index in [2.05, 4.69) is 42.0 Å². The first-order valence-corrected chi connectivity index (χ1v) is 8.59. The minimum Gasteiger partial charge on any atom is -0.469 e. The fraction of sp³-hybridized carbons (Fsp3) is 0.385. The van der Waals surface area contributed by atoms with Crippen LogP contribution < -0.4 is 4.90 Å². The third-order valence-corrected chi connectivity index (χ3v) is 5.38. The van der Waals surface area contributed by atoms with Crippen molar-refractivity contribution in [1.29, 1.82) is 0 Å². The summed E-state index contributed by atoms with van der Waals surface area (Å²) in [5, 5.41) is 5.04. The lowest BCUT2D eigenvalue weighted by Crippen LogP contribution is -2.15. The predicted molar refractivity (Wildman–Crippen MR) is 86.6 cm³/mol. The molecule has 0 atom stereocenters. The van der Waals surface area contributed by atoms with Gasteiger partial charge in [0.1, 0.15) is 0 Å². The number of thiophene rings is 1. The molecule has 0 aliphatic rings. The number of rotatable bonds is 6. The van der Waals surface area contributed by atoms with Crippen LogP contribution in [0.3, 0.4) is 0 Å². The van der Waals surface area contributed by atoms with Crippen molar-refractivity contribution in [3.8, 4) is 0 Å². The molecule has 0 saturated carbocycles. The van der Waals surface area contributed by atoms with Gasteiger partial charge >= 0.3 is 5.97 Å². The number of halogens is 1. The Balaban J connectivity index is 1.92. The molecule has 2 aromatic rings. The molecule has 0 radical (unpaired) electrons. The average molecular weight is 375 g/mol. The molecule has 0 N–H and O–H groups in total. The quantitative estimate of drug-likeness (QED) is 0.722. The summed E-state index contributed by atoms with van der Waals surface area (Å²) in [5.74, 6) is -0.198. The molecule has 20 heavy (non-hydrogen) atoms. The second-order valence-electron chi connectivity index (χ2n) is 4.28. The van der Waals surface area contributed by atoms with Crippen molar-refractivity contribution in [1.82, 2.24) is 4.98 Å². The SMILES string of the molecule is COC(=O)CCc1csc(N(C)Cc2cc(Br)cs2)n1. The molecule has 2 rings (SSSR count). The number of hydrogen-bond acceptors (Lipinski definition) is 6. The Bertz CT molecular complexity index is 582. The second-order valence-corrected chi connectivity index (χ2v) is 7.03. The van der Waals surface area contributed by atoms with Gasteiger partial charge in [-0.25, -0.2) is 4.98 Å². The van der Waals surface area contributed by atoms with Gasteiger partial charge in [-0.05, 0) is 22.0 Å². The molecule has 0 spiro atoms. The minimum absolute atomic E-state index is 0.198. The molecule has 0 bridgehead atoms. The molecule has 0 aliphatic carbocycles.